The molecule has 0 fully saturated rings. The van der Waals surface area contributed by atoms with E-state index in [0.29, 0.717) is 5.56 Å². The van der Waals surface area contributed by atoms with E-state index in [4.69, 9.17) is 0 Å². The molecule has 114 valence electrons. The van der Waals surface area contributed by atoms with Gasteiger partial charge in [0.2, 0.25) is 0 Å². The van der Waals surface area contributed by atoms with E-state index in [1.54, 1.807) is 0 Å². The van der Waals surface area contributed by atoms with Crippen molar-refractivity contribution in [2.24, 2.45) is 0 Å². The number of aromatic nitrogens is 1. The zero-order valence-electron chi connectivity index (χ0n) is 11.5. The van der Waals surface area contributed by atoms with Gasteiger partial charge in [-0.05, 0) is 17.7 Å². The van der Waals surface area contributed by atoms with Gasteiger partial charge in [-0.25, -0.2) is 9.18 Å². The zero-order chi connectivity index (χ0) is 16.3. The fourth-order valence-electron chi connectivity index (χ4n) is 1.88. The lowest BCUT2D eigenvalue weighted by Gasteiger charge is -2.08. The van der Waals surface area contributed by atoms with Crippen molar-refractivity contribution >= 4 is 11.7 Å². The van der Waals surface area contributed by atoms with Crippen molar-refractivity contribution in [2.45, 2.75) is 6.54 Å². The standard InChI is InChI=1S/C14H11FN2O5/c1-22-14(19)12-6-11(17(20)21)8-16(13(12)18)7-9-2-4-10(15)5-3-9/h2-6,8H,7H2,1H3. The van der Waals surface area contributed by atoms with Crippen molar-refractivity contribution in [1.29, 1.82) is 0 Å². The lowest BCUT2D eigenvalue weighted by molar-refractivity contribution is -0.385. The van der Waals surface area contributed by atoms with Gasteiger partial charge in [0, 0.05) is 6.07 Å². The lowest BCUT2D eigenvalue weighted by atomic mass is 10.2. The summed E-state index contributed by atoms with van der Waals surface area (Å²) in [6, 6.07) is 6.17. The van der Waals surface area contributed by atoms with E-state index in [0.717, 1.165) is 23.9 Å². The highest BCUT2D eigenvalue weighted by Gasteiger charge is 2.19. The summed E-state index contributed by atoms with van der Waals surface area (Å²) in [6.07, 6.45) is 1.03. The number of hydrogen-bond donors (Lipinski definition) is 0. The van der Waals surface area contributed by atoms with E-state index in [1.807, 2.05) is 0 Å². The topological polar surface area (TPSA) is 91.4 Å². The molecule has 1 aromatic heterocycles. The van der Waals surface area contributed by atoms with E-state index in [9.17, 15) is 24.1 Å². The summed E-state index contributed by atoms with van der Waals surface area (Å²) in [5.74, 6) is -1.40. The Balaban J connectivity index is 2.51. The molecular weight excluding hydrogens is 295 g/mol. The van der Waals surface area contributed by atoms with Gasteiger partial charge in [0.1, 0.15) is 11.4 Å². The first-order valence-electron chi connectivity index (χ1n) is 6.14. The summed E-state index contributed by atoms with van der Waals surface area (Å²) in [6.45, 7) is -0.0369. The highest BCUT2D eigenvalue weighted by atomic mass is 19.1. The van der Waals surface area contributed by atoms with Gasteiger partial charge >= 0.3 is 5.97 Å². The number of rotatable bonds is 4. The van der Waals surface area contributed by atoms with Gasteiger partial charge in [-0.2, -0.15) is 0 Å². The van der Waals surface area contributed by atoms with Crippen molar-refractivity contribution in [2.75, 3.05) is 7.11 Å². The second-order valence-electron chi connectivity index (χ2n) is 4.42. The Morgan fingerprint density at radius 1 is 1.36 bits per heavy atom. The quantitative estimate of drug-likeness (QED) is 0.487. The SMILES string of the molecule is COC(=O)c1cc([N+](=O)[O-])cn(Cc2ccc(F)cc2)c1=O. The third-order valence-electron chi connectivity index (χ3n) is 2.95. The van der Waals surface area contributed by atoms with Gasteiger partial charge < -0.3 is 9.30 Å². The molecule has 0 N–H and O–H groups in total. The molecule has 0 aliphatic rings. The van der Waals surface area contributed by atoms with Crippen LogP contribution in [0.25, 0.3) is 0 Å². The predicted molar refractivity (Wildman–Crippen MR) is 74.2 cm³/mol. The second-order valence-corrected chi connectivity index (χ2v) is 4.42. The molecule has 7 nitrogen and oxygen atoms in total. The molecule has 0 radical (unpaired) electrons. The average Bonchev–Trinajstić information content (AvgIpc) is 2.50. The van der Waals surface area contributed by atoms with Crippen molar-refractivity contribution < 1.29 is 18.8 Å². The Kier molecular flexibility index (Phi) is 4.31. The molecule has 0 unspecified atom stereocenters. The minimum atomic E-state index is -0.957. The van der Waals surface area contributed by atoms with Crippen molar-refractivity contribution in [3.05, 3.63) is 73.9 Å². The van der Waals surface area contributed by atoms with Crippen LogP contribution in [0.3, 0.4) is 0 Å². The number of carbonyl (C=O) groups is 1. The second kappa shape index (κ2) is 6.17. The fraction of sp³-hybridized carbons (Fsp3) is 0.143. The zero-order valence-corrected chi connectivity index (χ0v) is 11.5. The largest absolute Gasteiger partial charge is 0.465 e. The predicted octanol–water partition coefficient (Wildman–Crippen LogP) is 1.73. The van der Waals surface area contributed by atoms with Crippen LogP contribution in [0.5, 0.6) is 0 Å². The first-order chi connectivity index (χ1) is 10.4. The van der Waals surface area contributed by atoms with Crippen molar-refractivity contribution in [1.82, 2.24) is 4.57 Å². The van der Waals surface area contributed by atoms with Crippen molar-refractivity contribution in [3.8, 4) is 0 Å². The van der Waals surface area contributed by atoms with Crippen LogP contribution >= 0.6 is 0 Å². The summed E-state index contributed by atoms with van der Waals surface area (Å²) in [5.41, 5.74) is -1.01. The van der Waals surface area contributed by atoms with Gasteiger partial charge in [-0.3, -0.25) is 14.9 Å². The molecule has 0 atom stereocenters. The van der Waals surface area contributed by atoms with Crippen LogP contribution in [-0.2, 0) is 11.3 Å². The molecule has 0 saturated carbocycles. The molecule has 0 aliphatic carbocycles. The first kappa shape index (κ1) is 15.4. The van der Waals surface area contributed by atoms with Crippen LogP contribution < -0.4 is 5.56 Å². The Morgan fingerprint density at radius 3 is 2.55 bits per heavy atom. The van der Waals surface area contributed by atoms with E-state index in [1.165, 1.54) is 24.3 Å². The van der Waals surface area contributed by atoms with Gasteiger partial charge in [0.25, 0.3) is 11.2 Å². The highest BCUT2D eigenvalue weighted by Crippen LogP contribution is 2.13. The summed E-state index contributed by atoms with van der Waals surface area (Å²) in [7, 11) is 1.07. The Labute approximate surface area is 123 Å². The summed E-state index contributed by atoms with van der Waals surface area (Å²) >= 11 is 0. The molecule has 0 saturated heterocycles. The summed E-state index contributed by atoms with van der Waals surface area (Å²) in [4.78, 5) is 33.9. The van der Waals surface area contributed by atoms with Gasteiger partial charge in [-0.1, -0.05) is 12.1 Å². The molecule has 0 amide bonds. The maximum atomic E-state index is 12.9. The normalized spacial score (nSPS) is 10.3. The maximum Gasteiger partial charge on any atom is 0.343 e. The number of halogens is 1. The monoisotopic (exact) mass is 306 g/mol. The van der Waals surface area contributed by atoms with Gasteiger partial charge in [-0.15, -0.1) is 0 Å². The van der Waals surface area contributed by atoms with Gasteiger partial charge in [0.05, 0.1) is 24.8 Å². The smallest absolute Gasteiger partial charge is 0.343 e. The molecule has 2 rings (SSSR count). The van der Waals surface area contributed by atoms with Crippen LogP contribution in [0.2, 0.25) is 0 Å². The number of pyridine rings is 1. The summed E-state index contributed by atoms with van der Waals surface area (Å²) in [5, 5.41) is 10.9. The highest BCUT2D eigenvalue weighted by molar-refractivity contribution is 5.89. The Hall–Kier alpha value is -3.03. The average molecular weight is 306 g/mol. The minimum Gasteiger partial charge on any atom is -0.465 e. The molecule has 22 heavy (non-hydrogen) atoms. The Bertz CT molecular complexity index is 783. The third-order valence-corrected chi connectivity index (χ3v) is 2.95. The molecule has 8 heteroatoms. The number of benzene rings is 1. The van der Waals surface area contributed by atoms with Crippen LogP contribution in [0.4, 0.5) is 10.1 Å². The maximum absolute atomic E-state index is 12.9. The van der Waals surface area contributed by atoms with Crippen LogP contribution in [-0.4, -0.2) is 22.6 Å². The summed E-state index contributed by atoms with van der Waals surface area (Å²) < 4.78 is 18.3. The molecule has 2 aromatic rings. The third kappa shape index (κ3) is 3.17. The minimum absolute atomic E-state index is 0.0369. The molecular formula is C14H11FN2O5. The molecule has 1 heterocycles. The number of methoxy groups -OCH3 is 1. The molecule has 1 aromatic carbocycles. The van der Waals surface area contributed by atoms with Crippen molar-refractivity contribution in [3.63, 3.8) is 0 Å². The number of nitro groups is 1. The molecule has 0 aliphatic heterocycles. The number of hydrogen-bond acceptors (Lipinski definition) is 5. The fourth-order valence-corrected chi connectivity index (χ4v) is 1.88. The molecule has 0 spiro atoms. The lowest BCUT2D eigenvalue weighted by Crippen LogP contribution is -2.27. The van der Waals surface area contributed by atoms with Crippen LogP contribution in [0, 0.1) is 15.9 Å². The van der Waals surface area contributed by atoms with E-state index in [-0.39, 0.29) is 6.54 Å². The first-order valence-corrected chi connectivity index (χ1v) is 6.14. The number of carbonyl (C=O) groups excluding carboxylic acids is 1. The van der Waals surface area contributed by atoms with E-state index in [2.05, 4.69) is 4.74 Å². The molecule has 0 bridgehead atoms. The number of ether oxygens (including phenoxy) is 1. The van der Waals surface area contributed by atoms with Crippen LogP contribution in [0.1, 0.15) is 15.9 Å². The van der Waals surface area contributed by atoms with Gasteiger partial charge in [0.15, 0.2) is 0 Å². The number of nitrogens with zero attached hydrogens (tertiary/aromatic N) is 2. The van der Waals surface area contributed by atoms with Crippen LogP contribution in [0.15, 0.2) is 41.3 Å². The number of esters is 1. The van der Waals surface area contributed by atoms with E-state index < -0.39 is 33.5 Å². The Morgan fingerprint density at radius 2 is 2.00 bits per heavy atom. The van der Waals surface area contributed by atoms with E-state index >= 15 is 0 Å².